The molecule has 1 saturated carbocycles. The zero-order valence-corrected chi connectivity index (χ0v) is 17.0. The number of ether oxygens (including phenoxy) is 2. The van der Waals surface area contributed by atoms with Gasteiger partial charge in [-0.05, 0) is 38.7 Å². The Labute approximate surface area is 172 Å². The van der Waals surface area contributed by atoms with Gasteiger partial charge in [0.25, 0.3) is 0 Å². The van der Waals surface area contributed by atoms with E-state index in [0.717, 1.165) is 17.1 Å². The molecule has 0 unspecified atom stereocenters. The predicted octanol–water partition coefficient (Wildman–Crippen LogP) is 4.01. The van der Waals surface area contributed by atoms with Crippen molar-refractivity contribution in [3.8, 4) is 0 Å². The quantitative estimate of drug-likeness (QED) is 0.726. The van der Waals surface area contributed by atoms with Gasteiger partial charge < -0.3 is 14.4 Å². The fourth-order valence-electron chi connectivity index (χ4n) is 4.42. The van der Waals surface area contributed by atoms with Crippen LogP contribution in [0.4, 0.5) is 18.0 Å². The summed E-state index contributed by atoms with van der Waals surface area (Å²) in [5.41, 5.74) is 2.94. The molecule has 164 valence electrons. The number of rotatable bonds is 2. The van der Waals surface area contributed by atoms with Gasteiger partial charge in [-0.25, -0.2) is 14.3 Å². The van der Waals surface area contributed by atoms with Crippen LogP contribution < -0.4 is 0 Å². The molecule has 2 aliphatic rings. The van der Waals surface area contributed by atoms with Crippen molar-refractivity contribution >= 4 is 11.7 Å². The number of methoxy groups -OCH3 is 1. The molecule has 7 nitrogen and oxygen atoms in total. The van der Waals surface area contributed by atoms with Gasteiger partial charge in [0.1, 0.15) is 6.10 Å². The maximum absolute atomic E-state index is 13.0. The summed E-state index contributed by atoms with van der Waals surface area (Å²) in [4.78, 5) is 18.0. The fraction of sp³-hybridized carbons (Fsp3) is 0.650. The number of aromatic nitrogens is 3. The first-order valence-corrected chi connectivity index (χ1v) is 10.1. The minimum Gasteiger partial charge on any atom is -0.453 e. The Bertz CT molecular complexity index is 922. The summed E-state index contributed by atoms with van der Waals surface area (Å²) in [7, 11) is 1.34. The predicted molar refractivity (Wildman–Crippen MR) is 101 cm³/mol. The van der Waals surface area contributed by atoms with Crippen molar-refractivity contribution < 1.29 is 27.4 Å². The average molecular weight is 426 g/mol. The lowest BCUT2D eigenvalue weighted by Crippen LogP contribution is -2.42. The maximum Gasteiger partial charge on any atom is 0.409 e. The van der Waals surface area contributed by atoms with E-state index >= 15 is 0 Å². The minimum atomic E-state index is -4.13. The zero-order valence-electron chi connectivity index (χ0n) is 17.0. The van der Waals surface area contributed by atoms with Crippen LogP contribution in [0.25, 0.3) is 5.65 Å². The largest absolute Gasteiger partial charge is 0.453 e. The summed E-state index contributed by atoms with van der Waals surface area (Å²) in [6, 6.07) is 3.73. The van der Waals surface area contributed by atoms with Crippen molar-refractivity contribution in [2.75, 3.05) is 26.8 Å². The summed E-state index contributed by atoms with van der Waals surface area (Å²) in [5.74, 6) is -1.24. The number of nitrogens with zero attached hydrogens (tertiary/aromatic N) is 4. The van der Waals surface area contributed by atoms with Gasteiger partial charge in [0, 0.05) is 24.2 Å². The highest BCUT2D eigenvalue weighted by molar-refractivity contribution is 5.67. The van der Waals surface area contributed by atoms with Crippen molar-refractivity contribution in [3.63, 3.8) is 0 Å². The number of alkyl halides is 3. The van der Waals surface area contributed by atoms with Gasteiger partial charge >= 0.3 is 12.3 Å². The molecule has 2 aromatic rings. The average Bonchev–Trinajstić information content (AvgIpc) is 3.16. The molecule has 1 aliphatic carbocycles. The van der Waals surface area contributed by atoms with E-state index in [4.69, 9.17) is 9.47 Å². The van der Waals surface area contributed by atoms with Crippen molar-refractivity contribution in [1.29, 1.82) is 0 Å². The lowest BCUT2D eigenvalue weighted by atomic mass is 9.80. The van der Waals surface area contributed by atoms with Crippen LogP contribution in [0.15, 0.2) is 12.1 Å². The van der Waals surface area contributed by atoms with Crippen LogP contribution in [0.1, 0.15) is 54.8 Å². The van der Waals surface area contributed by atoms with Crippen molar-refractivity contribution in [2.24, 2.45) is 5.92 Å². The molecule has 30 heavy (non-hydrogen) atoms. The fourth-order valence-corrected chi connectivity index (χ4v) is 4.42. The van der Waals surface area contributed by atoms with Crippen molar-refractivity contribution in [3.05, 3.63) is 29.2 Å². The van der Waals surface area contributed by atoms with Crippen LogP contribution in [0.2, 0.25) is 0 Å². The van der Waals surface area contributed by atoms with E-state index in [1.165, 1.54) is 7.11 Å². The summed E-state index contributed by atoms with van der Waals surface area (Å²) in [6.45, 7) is 3.02. The van der Waals surface area contributed by atoms with Crippen molar-refractivity contribution in [1.82, 2.24) is 19.5 Å². The van der Waals surface area contributed by atoms with Gasteiger partial charge in [-0.15, -0.1) is 0 Å². The highest BCUT2D eigenvalue weighted by Gasteiger charge is 2.42. The van der Waals surface area contributed by atoms with Crippen LogP contribution in [-0.4, -0.2) is 58.6 Å². The second kappa shape index (κ2) is 8.05. The third-order valence-corrected chi connectivity index (χ3v) is 6.04. The molecule has 2 fully saturated rings. The molecular formula is C20H25F3N4O3. The number of amides is 1. The minimum absolute atomic E-state index is 0.0164. The Hall–Kier alpha value is -2.36. The van der Waals surface area contributed by atoms with Crippen LogP contribution in [0.3, 0.4) is 0 Å². The highest BCUT2D eigenvalue weighted by Crippen LogP contribution is 2.42. The highest BCUT2D eigenvalue weighted by atomic mass is 19.4. The lowest BCUT2D eigenvalue weighted by molar-refractivity contribution is -0.182. The second-order valence-corrected chi connectivity index (χ2v) is 8.03. The number of morpholine rings is 1. The number of fused-ring (bicyclic) bond motifs is 1. The summed E-state index contributed by atoms with van der Waals surface area (Å²) >= 11 is 0. The van der Waals surface area contributed by atoms with E-state index in [1.54, 1.807) is 9.42 Å². The normalized spacial score (nSPS) is 25.5. The van der Waals surface area contributed by atoms with Gasteiger partial charge in [0.2, 0.25) is 0 Å². The number of carbonyl (C=O) groups is 1. The molecular weight excluding hydrogens is 401 g/mol. The molecule has 1 amide bonds. The van der Waals surface area contributed by atoms with Crippen molar-refractivity contribution in [2.45, 2.75) is 50.8 Å². The van der Waals surface area contributed by atoms with E-state index in [1.807, 2.05) is 19.1 Å². The summed E-state index contributed by atoms with van der Waals surface area (Å²) in [5, 5.41) is 4.69. The Morgan fingerprint density at radius 1 is 1.23 bits per heavy atom. The maximum atomic E-state index is 13.0. The van der Waals surface area contributed by atoms with Crippen LogP contribution in [-0.2, 0) is 9.47 Å². The molecule has 0 radical (unpaired) electrons. The number of hydrogen-bond acceptors (Lipinski definition) is 5. The van der Waals surface area contributed by atoms with Crippen LogP contribution in [0.5, 0.6) is 0 Å². The molecule has 2 aromatic heterocycles. The topological polar surface area (TPSA) is 69.0 Å². The standard InChI is InChI=1S/C20H25F3N4O3/c1-12-9-16(17-11-26(7-8-30-17)19(28)29-2)27-18(24-12)10-15(25-27)13-3-5-14(6-4-13)20(21,22)23/h9-10,13-14,17H,3-8,11H2,1-2H3/t13-,14-,17-/m1/s1. The van der Waals surface area contributed by atoms with Gasteiger partial charge in [-0.1, -0.05) is 0 Å². The van der Waals surface area contributed by atoms with Gasteiger partial charge in [0.15, 0.2) is 5.65 Å². The van der Waals surface area contributed by atoms with E-state index in [9.17, 15) is 18.0 Å². The molecule has 1 atom stereocenters. The number of hydrogen-bond donors (Lipinski definition) is 0. The molecule has 4 rings (SSSR count). The lowest BCUT2D eigenvalue weighted by Gasteiger charge is -2.32. The molecule has 3 heterocycles. The van der Waals surface area contributed by atoms with E-state index < -0.39 is 24.3 Å². The molecule has 10 heteroatoms. The first-order chi connectivity index (χ1) is 14.3. The number of halogens is 3. The number of aryl methyl sites for hydroxylation is 1. The van der Waals surface area contributed by atoms with Gasteiger partial charge in [-0.3, -0.25) is 0 Å². The smallest absolute Gasteiger partial charge is 0.409 e. The molecule has 0 N–H and O–H groups in total. The zero-order chi connectivity index (χ0) is 21.5. The summed E-state index contributed by atoms with van der Waals surface area (Å²) in [6.07, 6.45) is -3.76. The first kappa shape index (κ1) is 20.9. The Kier molecular flexibility index (Phi) is 5.61. The number of carbonyl (C=O) groups excluding carboxylic acids is 1. The molecule has 0 bridgehead atoms. The molecule has 0 aromatic carbocycles. The first-order valence-electron chi connectivity index (χ1n) is 10.1. The molecule has 1 saturated heterocycles. The third kappa shape index (κ3) is 4.10. The SMILES string of the molecule is COC(=O)N1CCO[C@@H](c2cc(C)nc3cc([C@H]4CC[C@H](C(F)(F)F)CC4)nn23)C1. The molecule has 0 spiro atoms. The Morgan fingerprint density at radius 3 is 2.63 bits per heavy atom. The van der Waals surface area contributed by atoms with E-state index in [2.05, 4.69) is 10.1 Å². The van der Waals surface area contributed by atoms with E-state index in [0.29, 0.717) is 38.2 Å². The second-order valence-electron chi connectivity index (χ2n) is 8.03. The Morgan fingerprint density at radius 2 is 1.97 bits per heavy atom. The van der Waals surface area contributed by atoms with Crippen LogP contribution in [0, 0.1) is 12.8 Å². The van der Waals surface area contributed by atoms with Gasteiger partial charge in [0.05, 0.1) is 37.6 Å². The van der Waals surface area contributed by atoms with Crippen LogP contribution >= 0.6 is 0 Å². The monoisotopic (exact) mass is 426 g/mol. The molecule has 1 aliphatic heterocycles. The third-order valence-electron chi connectivity index (χ3n) is 6.04. The summed E-state index contributed by atoms with van der Waals surface area (Å²) < 4.78 is 51.3. The van der Waals surface area contributed by atoms with Gasteiger partial charge in [-0.2, -0.15) is 18.3 Å². The van der Waals surface area contributed by atoms with E-state index in [-0.39, 0.29) is 18.8 Å². The Balaban J connectivity index is 1.59.